The first-order valence-electron chi connectivity index (χ1n) is 12.7. The first-order chi connectivity index (χ1) is 18.1. The number of fused-ring (bicyclic) bond motifs is 2. The monoisotopic (exact) mass is 514 g/mol. The van der Waals surface area contributed by atoms with Crippen LogP contribution >= 0.6 is 0 Å². The van der Waals surface area contributed by atoms with E-state index in [1.165, 1.54) is 0 Å². The fourth-order valence-electron chi connectivity index (χ4n) is 6.24. The van der Waals surface area contributed by atoms with Crippen molar-refractivity contribution in [2.24, 2.45) is 0 Å². The van der Waals surface area contributed by atoms with E-state index in [-0.39, 0.29) is 17.0 Å². The third-order valence-corrected chi connectivity index (χ3v) is 7.60. The van der Waals surface area contributed by atoms with E-state index in [0.717, 1.165) is 4.90 Å². The number of nitro groups is 1. The molecule has 3 aromatic carbocycles. The zero-order valence-corrected chi connectivity index (χ0v) is 21.5. The van der Waals surface area contributed by atoms with Gasteiger partial charge in [-0.2, -0.15) is 0 Å². The summed E-state index contributed by atoms with van der Waals surface area (Å²) in [5.74, 6) is -2.44. The average molecular weight is 515 g/mol. The lowest BCUT2D eigenvalue weighted by Gasteiger charge is -2.47. The van der Waals surface area contributed by atoms with Gasteiger partial charge in [0.05, 0.1) is 23.6 Å². The number of hydrogen-bond acceptors (Lipinski definition) is 6. The molecule has 8 heteroatoms. The van der Waals surface area contributed by atoms with Gasteiger partial charge in [-0.15, -0.1) is 0 Å². The fourth-order valence-corrected chi connectivity index (χ4v) is 6.24. The highest BCUT2D eigenvalue weighted by Gasteiger charge is 2.69. The van der Waals surface area contributed by atoms with Crippen molar-refractivity contribution in [2.75, 3.05) is 4.90 Å². The number of carbonyl (C=O) groups excluding carboxylic acids is 2. The predicted molar refractivity (Wildman–Crippen MR) is 142 cm³/mol. The third kappa shape index (κ3) is 3.96. The van der Waals surface area contributed by atoms with Crippen molar-refractivity contribution in [1.82, 2.24) is 0 Å². The Morgan fingerprint density at radius 1 is 0.974 bits per heavy atom. The SMILES string of the molecule is CC(C)(C)OC(=O)N1C(=O)[C@]2(c3ccccc31)[C@H](O)C[C@@H](c1ccccc1)[C@@H]([N+](=O)[O-])[C@@H]2c1ccccc1. The lowest BCUT2D eigenvalue weighted by molar-refractivity contribution is -0.537. The van der Waals surface area contributed by atoms with Crippen molar-refractivity contribution < 1.29 is 24.4 Å². The molecular weight excluding hydrogens is 484 g/mol. The maximum absolute atomic E-state index is 14.5. The van der Waals surface area contributed by atoms with Gasteiger partial charge in [-0.1, -0.05) is 78.9 Å². The number of aliphatic hydroxyl groups is 1. The molecule has 5 atom stereocenters. The molecule has 2 aliphatic rings. The van der Waals surface area contributed by atoms with Crippen LogP contribution in [0, 0.1) is 10.1 Å². The van der Waals surface area contributed by atoms with Gasteiger partial charge in [0, 0.05) is 4.92 Å². The van der Waals surface area contributed by atoms with E-state index in [9.17, 15) is 24.8 Å². The molecule has 1 fully saturated rings. The Labute approximate surface area is 221 Å². The molecule has 8 nitrogen and oxygen atoms in total. The molecule has 1 N–H and O–H groups in total. The topological polar surface area (TPSA) is 110 Å². The number of ether oxygens (including phenoxy) is 1. The summed E-state index contributed by atoms with van der Waals surface area (Å²) in [6, 6.07) is 23.3. The number of carbonyl (C=O) groups is 2. The van der Waals surface area contributed by atoms with E-state index in [1.54, 1.807) is 87.5 Å². The fraction of sp³-hybridized carbons (Fsp3) is 0.333. The van der Waals surface area contributed by atoms with Crippen molar-refractivity contribution in [3.63, 3.8) is 0 Å². The standard InChI is InChI=1S/C30H30N2O6/c1-29(2,3)38-28(35)31-23-17-11-10-16-22(23)30(27(31)34)24(33)18-21(19-12-6-4-7-13-19)26(32(36)37)25(30)20-14-8-5-9-15-20/h4-17,21,24-26,33H,18H2,1-3H3/t21-,24+,25-,26+,30+/m0/s1. The first-order valence-corrected chi connectivity index (χ1v) is 12.7. The van der Waals surface area contributed by atoms with Crippen LogP contribution in [0.25, 0.3) is 0 Å². The Balaban J connectivity index is 1.77. The molecule has 1 aliphatic heterocycles. The Kier molecular flexibility index (Phi) is 6.31. The number of para-hydroxylation sites is 1. The van der Waals surface area contributed by atoms with Crippen LogP contribution in [0.4, 0.5) is 10.5 Å². The number of rotatable bonds is 3. The van der Waals surface area contributed by atoms with Gasteiger partial charge in [0.25, 0.3) is 5.91 Å². The molecule has 1 heterocycles. The molecule has 1 saturated carbocycles. The second kappa shape index (κ2) is 9.36. The number of imide groups is 1. The minimum atomic E-state index is -1.77. The molecule has 0 bridgehead atoms. The molecule has 0 unspecified atom stereocenters. The Bertz CT molecular complexity index is 1370. The molecule has 0 radical (unpaired) electrons. The van der Waals surface area contributed by atoms with Crippen LogP contribution < -0.4 is 4.90 Å². The van der Waals surface area contributed by atoms with Crippen molar-refractivity contribution in [3.05, 3.63) is 112 Å². The lowest BCUT2D eigenvalue weighted by Crippen LogP contribution is -2.62. The van der Waals surface area contributed by atoms with Gasteiger partial charge in [-0.25, -0.2) is 9.69 Å². The van der Waals surface area contributed by atoms with Crippen molar-refractivity contribution in [1.29, 1.82) is 0 Å². The van der Waals surface area contributed by atoms with Crippen LogP contribution in [0.3, 0.4) is 0 Å². The Hall–Kier alpha value is -4.04. The molecule has 1 spiro atoms. The van der Waals surface area contributed by atoms with Crippen molar-refractivity contribution in [3.8, 4) is 0 Å². The quantitative estimate of drug-likeness (QED) is 0.381. The highest BCUT2D eigenvalue weighted by molar-refractivity contribution is 6.22. The van der Waals surface area contributed by atoms with Gasteiger partial charge in [-0.3, -0.25) is 14.9 Å². The van der Waals surface area contributed by atoms with Crippen LogP contribution in [0.5, 0.6) is 0 Å². The number of benzene rings is 3. The molecule has 5 rings (SSSR count). The molecule has 1 aliphatic carbocycles. The van der Waals surface area contributed by atoms with Crippen LogP contribution in [0.1, 0.15) is 55.7 Å². The van der Waals surface area contributed by atoms with Gasteiger partial charge < -0.3 is 9.84 Å². The Morgan fingerprint density at radius 3 is 2.11 bits per heavy atom. The average Bonchev–Trinajstić information content (AvgIpc) is 3.14. The van der Waals surface area contributed by atoms with Crippen LogP contribution in [-0.4, -0.2) is 39.8 Å². The van der Waals surface area contributed by atoms with E-state index in [0.29, 0.717) is 16.7 Å². The van der Waals surface area contributed by atoms with Crippen LogP contribution in [0.2, 0.25) is 0 Å². The number of aliphatic hydroxyl groups excluding tert-OH is 1. The first kappa shape index (κ1) is 25.6. The largest absolute Gasteiger partial charge is 0.443 e. The second-order valence-corrected chi connectivity index (χ2v) is 10.9. The maximum atomic E-state index is 14.5. The van der Waals surface area contributed by atoms with E-state index < -0.39 is 47.0 Å². The number of hydrogen-bond donors (Lipinski definition) is 1. The third-order valence-electron chi connectivity index (χ3n) is 7.60. The summed E-state index contributed by atoms with van der Waals surface area (Å²) in [7, 11) is 0. The zero-order chi connectivity index (χ0) is 27.2. The summed E-state index contributed by atoms with van der Waals surface area (Å²) in [4.78, 5) is 41.4. The lowest BCUT2D eigenvalue weighted by atomic mass is 9.54. The molecular formula is C30H30N2O6. The summed E-state index contributed by atoms with van der Waals surface area (Å²) in [5.41, 5.74) is -0.733. The van der Waals surface area contributed by atoms with Gasteiger partial charge >= 0.3 is 6.09 Å². The molecule has 0 aromatic heterocycles. The highest BCUT2D eigenvalue weighted by Crippen LogP contribution is 2.59. The summed E-state index contributed by atoms with van der Waals surface area (Å²) in [5, 5.41) is 24.8. The van der Waals surface area contributed by atoms with Gasteiger partial charge in [0.15, 0.2) is 0 Å². The molecule has 196 valence electrons. The zero-order valence-electron chi connectivity index (χ0n) is 21.5. The molecule has 3 aromatic rings. The highest BCUT2D eigenvalue weighted by atomic mass is 16.6. The summed E-state index contributed by atoms with van der Waals surface area (Å²) in [6.07, 6.45) is -2.22. The molecule has 2 amide bonds. The summed E-state index contributed by atoms with van der Waals surface area (Å²) < 4.78 is 5.57. The van der Waals surface area contributed by atoms with Gasteiger partial charge in [0.2, 0.25) is 6.04 Å². The molecule has 38 heavy (non-hydrogen) atoms. The van der Waals surface area contributed by atoms with Crippen LogP contribution in [-0.2, 0) is 14.9 Å². The normalized spacial score (nSPS) is 26.7. The Morgan fingerprint density at radius 2 is 1.53 bits per heavy atom. The summed E-state index contributed by atoms with van der Waals surface area (Å²) >= 11 is 0. The minimum absolute atomic E-state index is 0.0266. The number of nitrogens with zero attached hydrogens (tertiary/aromatic N) is 2. The van der Waals surface area contributed by atoms with Gasteiger partial charge in [0.1, 0.15) is 11.0 Å². The number of anilines is 1. The number of amides is 2. The van der Waals surface area contributed by atoms with E-state index in [2.05, 4.69) is 0 Å². The smallest absolute Gasteiger partial charge is 0.421 e. The maximum Gasteiger partial charge on any atom is 0.421 e. The van der Waals surface area contributed by atoms with E-state index in [1.807, 2.05) is 18.2 Å². The van der Waals surface area contributed by atoms with E-state index in [4.69, 9.17) is 4.74 Å². The predicted octanol–water partition coefficient (Wildman–Crippen LogP) is 5.18. The molecule has 0 saturated heterocycles. The van der Waals surface area contributed by atoms with Gasteiger partial charge in [-0.05, 0) is 49.9 Å². The van der Waals surface area contributed by atoms with Crippen LogP contribution in [0.15, 0.2) is 84.9 Å². The second-order valence-electron chi connectivity index (χ2n) is 10.9. The van der Waals surface area contributed by atoms with E-state index >= 15 is 0 Å². The summed E-state index contributed by atoms with van der Waals surface area (Å²) in [6.45, 7) is 5.09. The van der Waals surface area contributed by atoms with Crippen molar-refractivity contribution >= 4 is 17.7 Å². The van der Waals surface area contributed by atoms with Crippen molar-refractivity contribution in [2.45, 2.75) is 62.2 Å². The minimum Gasteiger partial charge on any atom is -0.443 e.